The fraction of sp³-hybridized carbons (Fsp3) is 0.704. The number of carbonyl (C=O) groups excluding carboxylic acids is 4. The number of ketones is 1. The van der Waals surface area contributed by atoms with Gasteiger partial charge in [0.05, 0.1) is 0 Å². The van der Waals surface area contributed by atoms with Crippen LogP contribution in [0.3, 0.4) is 0 Å². The number of amides is 3. The van der Waals surface area contributed by atoms with Gasteiger partial charge in [-0.2, -0.15) is 0 Å². The van der Waals surface area contributed by atoms with Gasteiger partial charge in [-0.05, 0) is 52.4 Å². The topological polar surface area (TPSA) is 86.8 Å². The van der Waals surface area contributed by atoms with E-state index in [1.807, 2.05) is 0 Å². The molecule has 0 saturated carbocycles. The molecule has 0 unspecified atom stereocenters. The van der Waals surface area contributed by atoms with Crippen molar-refractivity contribution in [2.75, 3.05) is 32.7 Å². The van der Waals surface area contributed by atoms with Crippen molar-refractivity contribution in [1.29, 1.82) is 0 Å². The Morgan fingerprint density at radius 3 is 1.65 bits per heavy atom. The molecule has 2 saturated heterocycles. The molecule has 0 bridgehead atoms. The average molecular weight is 474 g/mol. The Bertz CT molecular complexity index is 696. The molecule has 0 aromatic carbocycles. The Morgan fingerprint density at radius 1 is 0.706 bits per heavy atom. The van der Waals surface area contributed by atoms with Gasteiger partial charge in [0.2, 0.25) is 17.7 Å². The molecule has 34 heavy (non-hydrogen) atoms. The summed E-state index contributed by atoms with van der Waals surface area (Å²) in [6.45, 7) is 14.1. The summed E-state index contributed by atoms with van der Waals surface area (Å²) < 4.78 is 0. The van der Waals surface area contributed by atoms with Crippen LogP contribution in [-0.4, -0.2) is 66.0 Å². The second kappa shape index (κ2) is 14.1. The Hall–Kier alpha value is -2.44. The Morgan fingerprint density at radius 2 is 1.15 bits per heavy atom. The minimum Gasteiger partial charge on any atom is -0.356 e. The standard InChI is InChI=1S/C27H43N3O4/c1-20(2)26(33)29-16-11-22(12-17-29)24(31)10-8-6-5-7-9-15-28-25(32)23-13-18-30(19-14-23)27(34)21(3)4/h22-23H,1,3,5-19H2,2,4H3,(H,28,32). The third kappa shape index (κ3) is 8.73. The van der Waals surface area contributed by atoms with Crippen LogP contribution in [0.4, 0.5) is 0 Å². The molecule has 0 spiro atoms. The van der Waals surface area contributed by atoms with E-state index in [1.165, 1.54) is 0 Å². The van der Waals surface area contributed by atoms with E-state index in [1.54, 1.807) is 23.6 Å². The number of hydrogen-bond acceptors (Lipinski definition) is 4. The number of piperidine rings is 2. The summed E-state index contributed by atoms with van der Waals surface area (Å²) in [7, 11) is 0. The van der Waals surface area contributed by atoms with Crippen LogP contribution < -0.4 is 5.32 Å². The smallest absolute Gasteiger partial charge is 0.248 e. The van der Waals surface area contributed by atoms with Gasteiger partial charge >= 0.3 is 0 Å². The second-order valence-electron chi connectivity index (χ2n) is 9.97. The molecule has 2 fully saturated rings. The Balaban J connectivity index is 1.47. The first-order valence-corrected chi connectivity index (χ1v) is 12.9. The van der Waals surface area contributed by atoms with Crippen LogP contribution >= 0.6 is 0 Å². The summed E-state index contributed by atoms with van der Waals surface area (Å²) in [6.07, 6.45) is 8.58. The zero-order valence-electron chi connectivity index (χ0n) is 21.2. The van der Waals surface area contributed by atoms with Gasteiger partial charge in [0.25, 0.3) is 0 Å². The summed E-state index contributed by atoms with van der Waals surface area (Å²) in [6, 6.07) is 0. The predicted molar refractivity (Wildman–Crippen MR) is 134 cm³/mol. The minimum atomic E-state index is -0.0129. The van der Waals surface area contributed by atoms with Crippen molar-refractivity contribution in [2.24, 2.45) is 11.8 Å². The summed E-state index contributed by atoms with van der Waals surface area (Å²) in [4.78, 5) is 52.3. The first-order valence-electron chi connectivity index (χ1n) is 12.9. The quantitative estimate of drug-likeness (QED) is 0.346. The van der Waals surface area contributed by atoms with Crippen molar-refractivity contribution in [3.8, 4) is 0 Å². The number of likely N-dealkylation sites (tertiary alicyclic amines) is 2. The molecule has 2 aliphatic rings. The van der Waals surface area contributed by atoms with Gasteiger partial charge in [0.15, 0.2) is 0 Å². The number of nitrogens with zero attached hydrogens (tertiary/aromatic N) is 2. The summed E-state index contributed by atoms with van der Waals surface area (Å²) >= 11 is 0. The molecule has 2 heterocycles. The molecular formula is C27H43N3O4. The third-order valence-corrected chi connectivity index (χ3v) is 7.02. The van der Waals surface area contributed by atoms with Crippen molar-refractivity contribution in [2.45, 2.75) is 78.1 Å². The van der Waals surface area contributed by atoms with Crippen LogP contribution in [-0.2, 0) is 19.2 Å². The highest BCUT2D eigenvalue weighted by atomic mass is 16.2. The Labute approximate surface area is 205 Å². The van der Waals surface area contributed by atoms with Crippen molar-refractivity contribution in [3.05, 3.63) is 24.3 Å². The first kappa shape index (κ1) is 27.8. The van der Waals surface area contributed by atoms with Crippen molar-refractivity contribution in [3.63, 3.8) is 0 Å². The molecule has 0 atom stereocenters. The molecule has 2 rings (SSSR count). The summed E-state index contributed by atoms with van der Waals surface area (Å²) in [5.74, 6) is 0.513. The highest BCUT2D eigenvalue weighted by molar-refractivity contribution is 5.93. The molecule has 0 aliphatic carbocycles. The van der Waals surface area contributed by atoms with Gasteiger partial charge in [-0.1, -0.05) is 32.4 Å². The van der Waals surface area contributed by atoms with E-state index in [0.717, 1.165) is 44.9 Å². The maximum atomic E-state index is 12.5. The lowest BCUT2D eigenvalue weighted by Gasteiger charge is -2.31. The maximum absolute atomic E-state index is 12.5. The minimum absolute atomic E-state index is 0.00236. The fourth-order valence-electron chi connectivity index (χ4n) is 4.80. The highest BCUT2D eigenvalue weighted by Gasteiger charge is 2.28. The van der Waals surface area contributed by atoms with Crippen LogP contribution in [0.2, 0.25) is 0 Å². The predicted octanol–water partition coefficient (Wildman–Crippen LogP) is 3.64. The van der Waals surface area contributed by atoms with E-state index in [-0.39, 0.29) is 29.6 Å². The van der Waals surface area contributed by atoms with E-state index in [2.05, 4.69) is 18.5 Å². The summed E-state index contributed by atoms with van der Waals surface area (Å²) in [5.41, 5.74) is 1.10. The number of Topliss-reactive ketones (excluding diaryl/α,β-unsaturated/α-hetero) is 1. The zero-order chi connectivity index (χ0) is 25.1. The lowest BCUT2D eigenvalue weighted by Crippen LogP contribution is -2.43. The molecular weight excluding hydrogens is 430 g/mol. The van der Waals surface area contributed by atoms with Crippen LogP contribution in [0.1, 0.15) is 78.1 Å². The number of hydrogen-bond donors (Lipinski definition) is 1. The monoisotopic (exact) mass is 473 g/mol. The fourth-order valence-corrected chi connectivity index (χ4v) is 4.80. The number of rotatable bonds is 12. The SMILES string of the molecule is C=C(C)C(=O)N1CCC(C(=O)CCCCCCCNC(=O)C2CCN(C(=O)C(=C)C)CC2)CC1. The van der Waals surface area contributed by atoms with E-state index >= 15 is 0 Å². The molecule has 3 amide bonds. The van der Waals surface area contributed by atoms with Crippen molar-refractivity contribution < 1.29 is 19.2 Å². The van der Waals surface area contributed by atoms with Gasteiger partial charge in [0.1, 0.15) is 5.78 Å². The molecule has 0 aromatic rings. The lowest BCUT2D eigenvalue weighted by molar-refractivity contribution is -0.132. The van der Waals surface area contributed by atoms with Crippen LogP contribution in [0.25, 0.3) is 0 Å². The number of nitrogens with one attached hydrogen (secondary N) is 1. The third-order valence-electron chi connectivity index (χ3n) is 7.02. The molecule has 0 radical (unpaired) electrons. The molecule has 7 nitrogen and oxygen atoms in total. The molecule has 7 heteroatoms. The molecule has 1 N–H and O–H groups in total. The maximum Gasteiger partial charge on any atom is 0.248 e. The normalized spacial score (nSPS) is 17.4. The van der Waals surface area contributed by atoms with E-state index in [9.17, 15) is 19.2 Å². The van der Waals surface area contributed by atoms with Gasteiger partial charge in [-0.3, -0.25) is 19.2 Å². The van der Waals surface area contributed by atoms with Crippen molar-refractivity contribution in [1.82, 2.24) is 15.1 Å². The van der Waals surface area contributed by atoms with Gasteiger partial charge < -0.3 is 15.1 Å². The zero-order valence-corrected chi connectivity index (χ0v) is 21.2. The van der Waals surface area contributed by atoms with E-state index < -0.39 is 0 Å². The molecule has 2 aliphatic heterocycles. The first-order chi connectivity index (χ1) is 16.2. The van der Waals surface area contributed by atoms with Gasteiger partial charge in [0, 0.05) is 62.1 Å². The lowest BCUT2D eigenvalue weighted by atomic mass is 9.89. The summed E-state index contributed by atoms with van der Waals surface area (Å²) in [5, 5.41) is 3.04. The number of unbranched alkanes of at least 4 members (excludes halogenated alkanes) is 4. The van der Waals surface area contributed by atoms with Crippen LogP contribution in [0.5, 0.6) is 0 Å². The van der Waals surface area contributed by atoms with Crippen molar-refractivity contribution >= 4 is 23.5 Å². The number of carbonyl (C=O) groups is 4. The molecule has 0 aromatic heterocycles. The second-order valence-corrected chi connectivity index (χ2v) is 9.97. The molecule has 190 valence electrons. The Kier molecular flexibility index (Phi) is 11.5. The van der Waals surface area contributed by atoms with Gasteiger partial charge in [-0.25, -0.2) is 0 Å². The average Bonchev–Trinajstić information content (AvgIpc) is 2.84. The highest BCUT2D eigenvalue weighted by Crippen LogP contribution is 2.22. The van der Waals surface area contributed by atoms with Crippen LogP contribution in [0.15, 0.2) is 24.3 Å². The van der Waals surface area contributed by atoms with E-state index in [0.29, 0.717) is 68.9 Å². The largest absolute Gasteiger partial charge is 0.356 e. The van der Waals surface area contributed by atoms with Gasteiger partial charge in [-0.15, -0.1) is 0 Å². The van der Waals surface area contributed by atoms with Crippen LogP contribution in [0, 0.1) is 11.8 Å². The van der Waals surface area contributed by atoms with E-state index in [4.69, 9.17) is 0 Å².